The van der Waals surface area contributed by atoms with E-state index in [1.807, 2.05) is 52.0 Å². The molecular weight excluding hydrogens is 308 g/mol. The summed E-state index contributed by atoms with van der Waals surface area (Å²) in [7, 11) is 0. The van der Waals surface area contributed by atoms with Gasteiger partial charge in [0.15, 0.2) is 0 Å². The fourth-order valence-corrected chi connectivity index (χ4v) is 1.85. The molecule has 2 atom stereocenters. The Hall–Kier alpha value is -1.03. The first-order valence-corrected chi connectivity index (χ1v) is 7.29. The van der Waals surface area contributed by atoms with E-state index in [2.05, 4.69) is 15.9 Å². The van der Waals surface area contributed by atoms with E-state index in [1.165, 1.54) is 0 Å². The Morgan fingerprint density at radius 2 is 1.74 bits per heavy atom. The van der Waals surface area contributed by atoms with E-state index in [-0.39, 0.29) is 24.1 Å². The number of esters is 1. The van der Waals surface area contributed by atoms with Gasteiger partial charge in [0.25, 0.3) is 0 Å². The smallest absolute Gasteiger partial charge is 0.306 e. The molecule has 0 N–H and O–H groups in total. The Kier molecular flexibility index (Phi) is 6.35. The number of carbonyl (C=O) groups is 1. The van der Waals surface area contributed by atoms with Crippen LogP contribution in [0.25, 0.3) is 0 Å². The average Bonchev–Trinajstić information content (AvgIpc) is 2.30. The summed E-state index contributed by atoms with van der Waals surface area (Å²) in [6.45, 7) is 7.66. The third-order valence-corrected chi connectivity index (χ3v) is 3.32. The van der Waals surface area contributed by atoms with Gasteiger partial charge in [0, 0.05) is 10.4 Å². The molecule has 0 amide bonds. The maximum atomic E-state index is 11.6. The summed E-state index contributed by atoms with van der Waals surface area (Å²) in [6.07, 6.45) is 0.263. The molecule has 1 rings (SSSR count). The topological polar surface area (TPSA) is 35.5 Å². The van der Waals surface area contributed by atoms with Crippen molar-refractivity contribution in [2.75, 3.05) is 0 Å². The van der Waals surface area contributed by atoms with Gasteiger partial charge in [-0.2, -0.15) is 0 Å². The van der Waals surface area contributed by atoms with E-state index in [0.29, 0.717) is 6.42 Å². The normalized spacial score (nSPS) is 14.0. The standard InChI is InChI=1S/C15H21BrO3/c1-10(2)18-15(17)9-11(3)12(4)19-14-7-5-13(16)6-8-14/h5-8,10-12H,9H2,1-4H3. The average molecular weight is 329 g/mol. The van der Waals surface area contributed by atoms with Crippen molar-refractivity contribution in [2.24, 2.45) is 5.92 Å². The highest BCUT2D eigenvalue weighted by atomic mass is 79.9. The van der Waals surface area contributed by atoms with Crippen LogP contribution in [0, 0.1) is 5.92 Å². The number of halogens is 1. The maximum absolute atomic E-state index is 11.6. The second-order valence-corrected chi connectivity index (χ2v) is 5.91. The largest absolute Gasteiger partial charge is 0.490 e. The Bertz CT molecular complexity index is 400. The van der Waals surface area contributed by atoms with Gasteiger partial charge < -0.3 is 9.47 Å². The van der Waals surface area contributed by atoms with Crippen molar-refractivity contribution < 1.29 is 14.3 Å². The summed E-state index contributed by atoms with van der Waals surface area (Å²) in [6, 6.07) is 7.67. The Balaban J connectivity index is 2.46. The van der Waals surface area contributed by atoms with Gasteiger partial charge in [-0.25, -0.2) is 0 Å². The van der Waals surface area contributed by atoms with Crippen molar-refractivity contribution in [3.8, 4) is 5.75 Å². The van der Waals surface area contributed by atoms with Crippen molar-refractivity contribution in [3.63, 3.8) is 0 Å². The van der Waals surface area contributed by atoms with Crippen molar-refractivity contribution in [1.29, 1.82) is 0 Å². The van der Waals surface area contributed by atoms with Crippen LogP contribution in [0.4, 0.5) is 0 Å². The van der Waals surface area contributed by atoms with Crippen molar-refractivity contribution >= 4 is 21.9 Å². The molecule has 0 aliphatic rings. The van der Waals surface area contributed by atoms with Gasteiger partial charge in [-0.3, -0.25) is 4.79 Å². The van der Waals surface area contributed by atoms with Crippen LogP contribution >= 0.6 is 15.9 Å². The summed E-state index contributed by atoms with van der Waals surface area (Å²) >= 11 is 3.38. The highest BCUT2D eigenvalue weighted by Crippen LogP contribution is 2.20. The number of hydrogen-bond donors (Lipinski definition) is 0. The second-order valence-electron chi connectivity index (χ2n) is 5.00. The molecule has 0 saturated carbocycles. The number of hydrogen-bond acceptors (Lipinski definition) is 3. The first-order chi connectivity index (χ1) is 8.88. The van der Waals surface area contributed by atoms with Gasteiger partial charge in [-0.05, 0) is 45.0 Å². The molecule has 3 nitrogen and oxygen atoms in total. The molecule has 0 aliphatic heterocycles. The van der Waals surface area contributed by atoms with Gasteiger partial charge in [0.1, 0.15) is 5.75 Å². The highest BCUT2D eigenvalue weighted by molar-refractivity contribution is 9.10. The van der Waals surface area contributed by atoms with Gasteiger partial charge in [0.05, 0.1) is 18.6 Å². The number of benzene rings is 1. The molecule has 0 heterocycles. The monoisotopic (exact) mass is 328 g/mol. The lowest BCUT2D eigenvalue weighted by Crippen LogP contribution is -2.25. The van der Waals surface area contributed by atoms with Crippen LogP contribution in [0.3, 0.4) is 0 Å². The zero-order valence-corrected chi connectivity index (χ0v) is 13.4. The molecule has 1 aromatic rings. The maximum Gasteiger partial charge on any atom is 0.306 e. The van der Waals surface area contributed by atoms with Gasteiger partial charge in [-0.15, -0.1) is 0 Å². The Labute approximate surface area is 123 Å². The van der Waals surface area contributed by atoms with E-state index >= 15 is 0 Å². The van der Waals surface area contributed by atoms with E-state index in [9.17, 15) is 4.79 Å². The molecule has 0 radical (unpaired) electrons. The molecule has 1 aromatic carbocycles. The van der Waals surface area contributed by atoms with Gasteiger partial charge in [-0.1, -0.05) is 22.9 Å². The van der Waals surface area contributed by atoms with E-state index in [1.54, 1.807) is 0 Å². The summed E-state index contributed by atoms with van der Waals surface area (Å²) in [5.41, 5.74) is 0. The lowest BCUT2D eigenvalue weighted by atomic mass is 10.0. The Morgan fingerprint density at radius 3 is 2.26 bits per heavy atom. The first kappa shape index (κ1) is 16.0. The SMILES string of the molecule is CC(C)OC(=O)CC(C)C(C)Oc1ccc(Br)cc1. The van der Waals surface area contributed by atoms with Crippen LogP contribution in [0.5, 0.6) is 5.75 Å². The van der Waals surface area contributed by atoms with Crippen LogP contribution in [0.15, 0.2) is 28.7 Å². The predicted molar refractivity (Wildman–Crippen MR) is 79.2 cm³/mol. The summed E-state index contributed by atoms with van der Waals surface area (Å²) in [5.74, 6) is 0.739. The molecule has 0 bridgehead atoms. The molecule has 0 aliphatic carbocycles. The molecule has 0 fully saturated rings. The van der Waals surface area contributed by atoms with Crippen LogP contribution in [-0.2, 0) is 9.53 Å². The predicted octanol–water partition coefficient (Wildman–Crippen LogP) is 4.19. The van der Waals surface area contributed by atoms with E-state index in [0.717, 1.165) is 10.2 Å². The lowest BCUT2D eigenvalue weighted by Gasteiger charge is -2.21. The summed E-state index contributed by atoms with van der Waals surface area (Å²) in [4.78, 5) is 11.6. The molecule has 0 spiro atoms. The van der Waals surface area contributed by atoms with Crippen molar-refractivity contribution in [2.45, 2.75) is 46.3 Å². The van der Waals surface area contributed by atoms with Crippen molar-refractivity contribution in [3.05, 3.63) is 28.7 Å². The highest BCUT2D eigenvalue weighted by Gasteiger charge is 2.19. The summed E-state index contributed by atoms with van der Waals surface area (Å²) in [5, 5.41) is 0. The van der Waals surface area contributed by atoms with Crippen LogP contribution < -0.4 is 4.74 Å². The van der Waals surface area contributed by atoms with Crippen LogP contribution in [-0.4, -0.2) is 18.2 Å². The van der Waals surface area contributed by atoms with E-state index in [4.69, 9.17) is 9.47 Å². The molecule has 19 heavy (non-hydrogen) atoms. The zero-order valence-electron chi connectivity index (χ0n) is 11.9. The molecule has 0 saturated heterocycles. The lowest BCUT2D eigenvalue weighted by molar-refractivity contribution is -0.149. The van der Waals surface area contributed by atoms with Gasteiger partial charge in [0.2, 0.25) is 0 Å². The van der Waals surface area contributed by atoms with Gasteiger partial charge >= 0.3 is 5.97 Å². The molecule has 2 unspecified atom stereocenters. The fraction of sp³-hybridized carbons (Fsp3) is 0.533. The summed E-state index contributed by atoms with van der Waals surface area (Å²) < 4.78 is 12.0. The van der Waals surface area contributed by atoms with Crippen molar-refractivity contribution in [1.82, 2.24) is 0 Å². The number of ether oxygens (including phenoxy) is 2. The minimum absolute atomic E-state index is 0.0408. The number of rotatable bonds is 6. The molecule has 0 aromatic heterocycles. The number of carbonyl (C=O) groups excluding carboxylic acids is 1. The van der Waals surface area contributed by atoms with Crippen LogP contribution in [0.1, 0.15) is 34.1 Å². The minimum atomic E-state index is -0.172. The molecule has 4 heteroatoms. The zero-order chi connectivity index (χ0) is 14.4. The quantitative estimate of drug-likeness (QED) is 0.734. The van der Waals surface area contributed by atoms with Crippen LogP contribution in [0.2, 0.25) is 0 Å². The second kappa shape index (κ2) is 7.53. The fourth-order valence-electron chi connectivity index (χ4n) is 1.58. The minimum Gasteiger partial charge on any atom is -0.490 e. The third kappa shape index (κ3) is 6.10. The Morgan fingerprint density at radius 1 is 1.16 bits per heavy atom. The third-order valence-electron chi connectivity index (χ3n) is 2.79. The first-order valence-electron chi connectivity index (χ1n) is 6.50. The van der Waals surface area contributed by atoms with E-state index < -0.39 is 0 Å². The molecule has 106 valence electrons. The molecular formula is C15H21BrO3.